The summed E-state index contributed by atoms with van der Waals surface area (Å²) in [6, 6.07) is 19.3. The van der Waals surface area contributed by atoms with Crippen molar-refractivity contribution < 1.29 is 37.5 Å². The molecule has 2 aliphatic rings. The van der Waals surface area contributed by atoms with Gasteiger partial charge in [0.15, 0.2) is 0 Å². The molecular weight excluding hydrogens is 499 g/mol. The normalized spacial score (nSPS) is 20.6. The largest absolute Gasteiger partial charge is 0.542 e. The van der Waals surface area contributed by atoms with Gasteiger partial charge in [-0.25, -0.2) is 5.01 Å². The summed E-state index contributed by atoms with van der Waals surface area (Å²) < 4.78 is 0. The Hall–Kier alpha value is -1.73. The summed E-state index contributed by atoms with van der Waals surface area (Å²) in [4.78, 5) is 16.0. The Morgan fingerprint density at radius 3 is 2.29 bits per heavy atom. The van der Waals surface area contributed by atoms with E-state index in [0.29, 0.717) is 13.2 Å². The van der Waals surface area contributed by atoms with Crippen molar-refractivity contribution in [1.82, 2.24) is 9.91 Å². The molecule has 6 nitrogen and oxygen atoms in total. The Bertz CT molecular complexity index is 955. The molecule has 7 heteroatoms. The molecule has 0 spiro atoms. The molecule has 2 aliphatic heterocycles. The van der Waals surface area contributed by atoms with Gasteiger partial charge in [0.2, 0.25) is 0 Å². The van der Waals surface area contributed by atoms with Crippen molar-refractivity contribution in [3.05, 3.63) is 71.3 Å². The van der Waals surface area contributed by atoms with Crippen LogP contribution in [0.5, 0.6) is 0 Å². The van der Waals surface area contributed by atoms with Gasteiger partial charge in [0, 0.05) is 32.7 Å². The number of hydrogen-bond donors (Lipinski definition) is 1. The number of amidine groups is 1. The Kier molecular flexibility index (Phi) is 11.7. The Morgan fingerprint density at radius 1 is 1.09 bits per heavy atom. The van der Waals surface area contributed by atoms with Crippen LogP contribution in [-0.2, 0) is 42.9 Å². The maximum Gasteiger partial charge on any atom is 0.135 e. The molecule has 0 aliphatic carbocycles. The van der Waals surface area contributed by atoms with E-state index in [-0.39, 0.29) is 38.1 Å². The predicted molar refractivity (Wildman–Crippen MR) is 136 cm³/mol. The zero-order chi connectivity index (χ0) is 23.7. The molecule has 179 valence electrons. The molecule has 2 heterocycles. The zero-order valence-corrected chi connectivity index (χ0v) is 23.5. The molecule has 2 aromatic rings. The van der Waals surface area contributed by atoms with E-state index in [0.717, 1.165) is 36.7 Å². The topological polar surface area (TPSA) is 74.3 Å². The van der Waals surface area contributed by atoms with E-state index in [1.54, 1.807) is 0 Å². The van der Waals surface area contributed by atoms with Crippen LogP contribution in [0.15, 0.2) is 64.7 Å². The number of nitrogens with two attached hydrogens (primary N) is 1. The molecule has 1 radical (unpaired) electrons. The molecule has 0 bridgehead atoms. The minimum Gasteiger partial charge on any atom is -0.542 e. The number of aryl methyl sites for hydroxylation is 1. The van der Waals surface area contributed by atoms with E-state index in [9.17, 15) is 0 Å². The Labute approximate surface area is 229 Å². The second-order valence-corrected chi connectivity index (χ2v) is 8.87. The van der Waals surface area contributed by atoms with Gasteiger partial charge >= 0.3 is 0 Å². The van der Waals surface area contributed by atoms with E-state index < -0.39 is 0 Å². The standard InChI is InChI=1S/C25H33N5.C2H3O.Y/c1-20-11-13-21(14-12-20)24-25(2,22-9-5-3-6-10-22)18-30(28-24)23(17-26)27-19-29-15-7-4-8-16-29;1-2-3;/h3,5-6,9-14H,4,7-8,15-19,26H2,1-2H3;1H3;/q;-1;. The monoisotopic (exact) mass is 535 g/mol. The number of hydrogen-bond acceptors (Lipinski definition) is 5. The molecule has 2 aromatic carbocycles. The van der Waals surface area contributed by atoms with Crippen molar-refractivity contribution >= 4 is 17.8 Å². The summed E-state index contributed by atoms with van der Waals surface area (Å²) in [5, 5.41) is 7.11. The number of rotatable bonds is 5. The van der Waals surface area contributed by atoms with Crippen LogP contribution in [0.25, 0.3) is 0 Å². The second-order valence-electron chi connectivity index (χ2n) is 8.87. The fourth-order valence-electron chi connectivity index (χ4n) is 4.45. The quantitative estimate of drug-likeness (QED) is 0.358. The van der Waals surface area contributed by atoms with Crippen molar-refractivity contribution in [2.24, 2.45) is 15.8 Å². The van der Waals surface area contributed by atoms with Crippen molar-refractivity contribution in [2.45, 2.75) is 45.4 Å². The van der Waals surface area contributed by atoms with Crippen LogP contribution in [0.2, 0.25) is 0 Å². The SMILES string of the molecule is C[C-]=O.Cc1ccc(C2=NN(C(CN)=NCN3CCCCC3)CC2(C)c2ccccc2)cc1.[Y]. The molecule has 1 saturated heterocycles. The molecule has 0 saturated carbocycles. The number of carbonyl (C=O) groups excluding carboxylic acids is 1. The van der Waals surface area contributed by atoms with Crippen LogP contribution in [0.1, 0.15) is 49.8 Å². The molecule has 1 unspecified atom stereocenters. The van der Waals surface area contributed by atoms with E-state index in [1.807, 2.05) is 5.01 Å². The number of hydrazone groups is 1. The van der Waals surface area contributed by atoms with E-state index in [2.05, 4.69) is 73.3 Å². The third-order valence-corrected chi connectivity index (χ3v) is 6.33. The molecule has 0 amide bonds. The van der Waals surface area contributed by atoms with Crippen molar-refractivity contribution in [2.75, 3.05) is 32.8 Å². The van der Waals surface area contributed by atoms with Gasteiger partial charge in [0.1, 0.15) is 5.84 Å². The van der Waals surface area contributed by atoms with Crippen molar-refractivity contribution in [1.29, 1.82) is 0 Å². The van der Waals surface area contributed by atoms with Gasteiger partial charge in [-0.05, 0) is 50.9 Å². The Balaban J connectivity index is 0.000000970. The van der Waals surface area contributed by atoms with Crippen molar-refractivity contribution in [3.8, 4) is 0 Å². The summed E-state index contributed by atoms with van der Waals surface area (Å²) >= 11 is 0. The van der Waals surface area contributed by atoms with Crippen LogP contribution < -0.4 is 5.73 Å². The minimum atomic E-state index is -0.225. The number of likely N-dealkylation sites (tertiary alicyclic amines) is 1. The average Bonchev–Trinajstić information content (AvgIpc) is 3.20. The van der Waals surface area contributed by atoms with Gasteiger partial charge in [-0.1, -0.05) is 66.6 Å². The van der Waals surface area contributed by atoms with E-state index >= 15 is 0 Å². The van der Waals surface area contributed by atoms with E-state index in [1.165, 1.54) is 43.6 Å². The third-order valence-electron chi connectivity index (χ3n) is 6.33. The maximum atomic E-state index is 8.68. The number of aliphatic imine (C=N–C) groups is 1. The molecule has 34 heavy (non-hydrogen) atoms. The van der Waals surface area contributed by atoms with Crippen LogP contribution in [-0.4, -0.2) is 60.6 Å². The summed E-state index contributed by atoms with van der Waals surface area (Å²) in [5.41, 5.74) is 10.7. The van der Waals surface area contributed by atoms with Crippen LogP contribution in [0, 0.1) is 6.92 Å². The van der Waals surface area contributed by atoms with Gasteiger partial charge in [0.05, 0.1) is 30.9 Å². The number of nitrogens with zero attached hydrogens (tertiary/aromatic N) is 4. The average molecular weight is 536 g/mol. The molecule has 0 aromatic heterocycles. The summed E-state index contributed by atoms with van der Waals surface area (Å²) in [6.45, 7) is 9.81. The van der Waals surface area contributed by atoms with Gasteiger partial charge in [-0.15, -0.1) is 0 Å². The van der Waals surface area contributed by atoms with Gasteiger partial charge < -0.3 is 10.5 Å². The summed E-state index contributed by atoms with van der Waals surface area (Å²) in [7, 11) is 0. The number of benzene rings is 2. The van der Waals surface area contributed by atoms with Gasteiger partial charge in [-0.3, -0.25) is 16.2 Å². The van der Waals surface area contributed by atoms with E-state index in [4.69, 9.17) is 20.6 Å². The first kappa shape index (κ1) is 28.5. The summed E-state index contributed by atoms with van der Waals surface area (Å²) in [5.74, 6) is 0.866. The first-order chi connectivity index (χ1) is 16.0. The van der Waals surface area contributed by atoms with Gasteiger partial charge in [0.25, 0.3) is 0 Å². The minimum absolute atomic E-state index is 0. The third kappa shape index (κ3) is 7.14. The predicted octanol–water partition coefficient (Wildman–Crippen LogP) is 3.89. The van der Waals surface area contributed by atoms with Crippen LogP contribution in [0.3, 0.4) is 0 Å². The molecule has 1 fully saturated rings. The number of piperidine rings is 1. The second kappa shape index (κ2) is 14.0. The van der Waals surface area contributed by atoms with Crippen LogP contribution in [0.4, 0.5) is 0 Å². The molecule has 1 atom stereocenters. The molecular formula is C27H36N5OY-. The zero-order valence-electron chi connectivity index (χ0n) is 20.7. The summed E-state index contributed by atoms with van der Waals surface area (Å²) in [6.07, 6.45) is 5.35. The van der Waals surface area contributed by atoms with Gasteiger partial charge in [-0.2, -0.15) is 12.0 Å². The first-order valence-corrected chi connectivity index (χ1v) is 11.8. The van der Waals surface area contributed by atoms with Crippen LogP contribution >= 0.6 is 0 Å². The first-order valence-electron chi connectivity index (χ1n) is 11.8. The smallest absolute Gasteiger partial charge is 0.135 e. The fourth-order valence-corrected chi connectivity index (χ4v) is 4.45. The van der Waals surface area contributed by atoms with Crippen molar-refractivity contribution in [3.63, 3.8) is 0 Å². The Morgan fingerprint density at radius 2 is 1.71 bits per heavy atom. The molecule has 2 N–H and O–H groups in total. The maximum absolute atomic E-state index is 8.68. The molecule has 4 rings (SSSR count). The fraction of sp³-hybridized carbons (Fsp3) is 0.444.